The van der Waals surface area contributed by atoms with Crippen LogP contribution >= 0.6 is 0 Å². The summed E-state index contributed by atoms with van der Waals surface area (Å²) < 4.78 is 0. The van der Waals surface area contributed by atoms with Crippen molar-refractivity contribution >= 4 is 11.8 Å². The smallest absolute Gasteiger partial charge is 0.313 e. The van der Waals surface area contributed by atoms with E-state index >= 15 is 0 Å². The van der Waals surface area contributed by atoms with Crippen LogP contribution < -0.4 is 0 Å². The number of fused-ring (bicyclic) bond motifs is 5. The zero-order valence-electron chi connectivity index (χ0n) is 18.4. The number of ketones is 1. The van der Waals surface area contributed by atoms with Gasteiger partial charge in [-0.15, -0.1) is 0 Å². The Balaban J connectivity index is 1.55. The highest BCUT2D eigenvalue weighted by atomic mass is 16.4. The van der Waals surface area contributed by atoms with E-state index in [0.717, 1.165) is 30.1 Å². The van der Waals surface area contributed by atoms with Crippen LogP contribution in [0.3, 0.4) is 0 Å². The molecule has 0 aliphatic heterocycles. The molecule has 2 unspecified atom stereocenters. The van der Waals surface area contributed by atoms with Crippen molar-refractivity contribution in [2.45, 2.75) is 91.9 Å². The molecule has 158 valence electrons. The maximum Gasteiger partial charge on any atom is 0.313 e. The maximum atomic E-state index is 12.8. The second kappa shape index (κ2) is 7.13. The Hall–Kier alpha value is -0.860. The predicted octanol–water partition coefficient (Wildman–Crippen LogP) is 5.96. The molecule has 0 heterocycles. The quantitative estimate of drug-likeness (QED) is 0.604. The number of hydrogen-bond acceptors (Lipinski definition) is 2. The van der Waals surface area contributed by atoms with Crippen molar-refractivity contribution in [1.29, 1.82) is 0 Å². The lowest BCUT2D eigenvalue weighted by atomic mass is 9.44. The van der Waals surface area contributed by atoms with Gasteiger partial charge in [0.2, 0.25) is 0 Å². The summed E-state index contributed by atoms with van der Waals surface area (Å²) in [5, 5.41) is 9.31. The van der Waals surface area contributed by atoms with Crippen LogP contribution in [0.15, 0.2) is 0 Å². The highest BCUT2D eigenvalue weighted by Gasteiger charge is 2.60. The first-order valence-electron chi connectivity index (χ1n) is 12.0. The molecule has 0 amide bonds. The van der Waals surface area contributed by atoms with Gasteiger partial charge in [0.05, 0.1) is 0 Å². The number of carbonyl (C=O) groups excluding carboxylic acids is 1. The van der Waals surface area contributed by atoms with Gasteiger partial charge in [-0.1, -0.05) is 33.6 Å². The third kappa shape index (κ3) is 2.89. The first kappa shape index (κ1) is 20.4. The minimum atomic E-state index is -0.969. The molecule has 3 nitrogen and oxygen atoms in total. The molecule has 1 N–H and O–H groups in total. The fourth-order valence-electron chi connectivity index (χ4n) is 8.87. The summed E-state index contributed by atoms with van der Waals surface area (Å²) in [7, 11) is 0. The van der Waals surface area contributed by atoms with Crippen molar-refractivity contribution in [2.24, 2.45) is 52.3 Å². The van der Waals surface area contributed by atoms with E-state index < -0.39 is 11.9 Å². The van der Waals surface area contributed by atoms with Gasteiger partial charge in [-0.05, 0) is 98.7 Å². The van der Waals surface area contributed by atoms with Gasteiger partial charge in [-0.3, -0.25) is 9.59 Å². The summed E-state index contributed by atoms with van der Waals surface area (Å²) in [6.45, 7) is 8.66. The van der Waals surface area contributed by atoms with Crippen molar-refractivity contribution in [1.82, 2.24) is 0 Å². The molecule has 0 saturated heterocycles. The van der Waals surface area contributed by atoms with Crippen LogP contribution in [0.1, 0.15) is 91.9 Å². The third-order valence-corrected chi connectivity index (χ3v) is 10.5. The standard InChI is InChI=1S/C25H40O3/c1-15(22(26)16(2)23(27)28)19-10-11-20-18-9-8-17-7-5-6-13-24(17,3)21(18)12-14-25(19,20)4/h15-21H,5-14H2,1-4H3,(H,27,28)/t15-,16?,17?,18-,19+,20-,21-,24-,25+/m0/s1. The minimum absolute atomic E-state index is 0.0514. The number of carboxylic acid groups (broad SMARTS) is 1. The summed E-state index contributed by atoms with van der Waals surface area (Å²) in [5.41, 5.74) is 0.784. The molecule has 0 aromatic rings. The highest BCUT2D eigenvalue weighted by molar-refractivity contribution is 5.99. The Bertz CT molecular complexity index is 642. The van der Waals surface area contributed by atoms with Crippen LogP contribution in [-0.2, 0) is 9.59 Å². The molecule has 4 aliphatic rings. The van der Waals surface area contributed by atoms with Gasteiger partial charge in [-0.2, -0.15) is 0 Å². The molecule has 4 aliphatic carbocycles. The summed E-state index contributed by atoms with van der Waals surface area (Å²) in [6, 6.07) is 0. The highest BCUT2D eigenvalue weighted by Crippen LogP contribution is 2.68. The Morgan fingerprint density at radius 1 is 0.857 bits per heavy atom. The Morgan fingerprint density at radius 3 is 2.29 bits per heavy atom. The molecule has 4 fully saturated rings. The fraction of sp³-hybridized carbons (Fsp3) is 0.920. The number of rotatable bonds is 4. The van der Waals surface area contributed by atoms with E-state index in [-0.39, 0.29) is 17.1 Å². The Morgan fingerprint density at radius 2 is 1.57 bits per heavy atom. The van der Waals surface area contributed by atoms with Crippen molar-refractivity contribution in [2.75, 3.05) is 0 Å². The number of carbonyl (C=O) groups is 2. The summed E-state index contributed by atoms with van der Waals surface area (Å²) in [5.74, 6) is 1.75. The summed E-state index contributed by atoms with van der Waals surface area (Å²) >= 11 is 0. The topological polar surface area (TPSA) is 54.4 Å². The number of aliphatic carboxylic acids is 1. The maximum absolute atomic E-state index is 12.8. The molecule has 0 radical (unpaired) electrons. The van der Waals surface area contributed by atoms with Crippen molar-refractivity contribution < 1.29 is 14.7 Å². The van der Waals surface area contributed by atoms with Crippen LogP contribution in [0.5, 0.6) is 0 Å². The summed E-state index contributed by atoms with van der Waals surface area (Å²) in [6.07, 6.45) is 13.5. The van der Waals surface area contributed by atoms with E-state index in [4.69, 9.17) is 0 Å². The van der Waals surface area contributed by atoms with Gasteiger partial charge in [0.25, 0.3) is 0 Å². The van der Waals surface area contributed by atoms with Crippen molar-refractivity contribution in [3.8, 4) is 0 Å². The molecule has 3 heteroatoms. The van der Waals surface area contributed by atoms with Gasteiger partial charge >= 0.3 is 5.97 Å². The van der Waals surface area contributed by atoms with Crippen LogP contribution in [0.4, 0.5) is 0 Å². The first-order chi connectivity index (χ1) is 13.2. The minimum Gasteiger partial charge on any atom is -0.481 e. The van der Waals surface area contributed by atoms with E-state index in [1.54, 1.807) is 6.92 Å². The second-order valence-corrected chi connectivity index (χ2v) is 11.4. The van der Waals surface area contributed by atoms with E-state index in [1.165, 1.54) is 57.8 Å². The van der Waals surface area contributed by atoms with E-state index in [1.807, 2.05) is 6.92 Å². The predicted molar refractivity (Wildman–Crippen MR) is 111 cm³/mol. The van der Waals surface area contributed by atoms with Crippen molar-refractivity contribution in [3.63, 3.8) is 0 Å². The average molecular weight is 389 g/mol. The van der Waals surface area contributed by atoms with E-state index in [0.29, 0.717) is 11.3 Å². The molecule has 0 aromatic heterocycles. The molecule has 0 aromatic carbocycles. The average Bonchev–Trinajstić information content (AvgIpc) is 3.02. The summed E-state index contributed by atoms with van der Waals surface area (Å²) in [4.78, 5) is 24.2. The number of hydrogen-bond donors (Lipinski definition) is 1. The Labute approximate surface area is 171 Å². The molecule has 28 heavy (non-hydrogen) atoms. The number of carboxylic acids is 1. The van der Waals surface area contributed by atoms with E-state index in [2.05, 4.69) is 13.8 Å². The zero-order valence-corrected chi connectivity index (χ0v) is 18.4. The first-order valence-corrected chi connectivity index (χ1v) is 12.0. The van der Waals surface area contributed by atoms with Crippen molar-refractivity contribution in [3.05, 3.63) is 0 Å². The molecule has 0 bridgehead atoms. The normalized spacial score (nSPS) is 47.4. The SMILES string of the molecule is CC(C(=O)O)C(=O)[C@@H](C)[C@H]1CC[C@H]2[C@@H]3CCC4CCCC[C@]4(C)[C@H]3CC[C@]12C. The lowest BCUT2D eigenvalue weighted by Crippen LogP contribution is -2.53. The van der Waals surface area contributed by atoms with E-state index in [9.17, 15) is 14.7 Å². The number of Topliss-reactive ketones (excluding diaryl/α,β-unsaturated/α-hetero) is 1. The molecular weight excluding hydrogens is 348 g/mol. The molecule has 0 spiro atoms. The molecule has 4 rings (SSSR count). The molecule has 4 saturated carbocycles. The van der Waals surface area contributed by atoms with Crippen LogP contribution in [-0.4, -0.2) is 16.9 Å². The monoisotopic (exact) mass is 388 g/mol. The largest absolute Gasteiger partial charge is 0.481 e. The lowest BCUT2D eigenvalue weighted by Gasteiger charge is -2.60. The van der Waals surface area contributed by atoms with Gasteiger partial charge in [-0.25, -0.2) is 0 Å². The van der Waals surface area contributed by atoms with Crippen LogP contribution in [0.25, 0.3) is 0 Å². The molecule has 9 atom stereocenters. The van der Waals surface area contributed by atoms with Crippen LogP contribution in [0.2, 0.25) is 0 Å². The van der Waals surface area contributed by atoms with Crippen LogP contribution in [0, 0.1) is 52.3 Å². The molecular formula is C25H40O3. The Kier molecular flexibility index (Phi) is 5.20. The fourth-order valence-corrected chi connectivity index (χ4v) is 8.87. The lowest BCUT2D eigenvalue weighted by molar-refractivity contribution is -0.149. The second-order valence-electron chi connectivity index (χ2n) is 11.4. The van der Waals surface area contributed by atoms with Gasteiger partial charge in [0.15, 0.2) is 0 Å². The third-order valence-electron chi connectivity index (χ3n) is 10.5. The van der Waals surface area contributed by atoms with Gasteiger partial charge in [0, 0.05) is 5.92 Å². The van der Waals surface area contributed by atoms with Gasteiger partial charge < -0.3 is 5.11 Å². The zero-order chi connectivity index (χ0) is 20.3. The van der Waals surface area contributed by atoms with Gasteiger partial charge in [0.1, 0.15) is 11.7 Å².